The fourth-order valence-corrected chi connectivity index (χ4v) is 3.24. The second-order valence-corrected chi connectivity index (χ2v) is 6.74. The first kappa shape index (κ1) is 21.6. The average Bonchev–Trinajstić information content (AvgIpc) is 2.69. The smallest absolute Gasteiger partial charge is 0.298 e. The molecule has 152 valence electrons. The van der Waals surface area contributed by atoms with Gasteiger partial charge in [0.2, 0.25) is 5.91 Å². The van der Waals surface area contributed by atoms with Crippen LogP contribution in [-0.4, -0.2) is 49.6 Å². The summed E-state index contributed by atoms with van der Waals surface area (Å²) in [6, 6.07) is 5.61. The van der Waals surface area contributed by atoms with Crippen LogP contribution < -0.4 is 14.8 Å². The van der Waals surface area contributed by atoms with Crippen LogP contribution in [0.15, 0.2) is 18.2 Å². The van der Waals surface area contributed by atoms with E-state index in [0.717, 1.165) is 18.4 Å². The maximum absolute atomic E-state index is 12.3. The molecule has 0 aliphatic carbocycles. The number of carbonyl (C=O) groups excluding carboxylic acids is 2. The third-order valence-electron chi connectivity index (χ3n) is 4.69. The number of benzene rings is 1. The minimum atomic E-state index is -0.106. The lowest BCUT2D eigenvalue weighted by Gasteiger charge is -2.30. The molecule has 0 bridgehead atoms. The third-order valence-corrected chi connectivity index (χ3v) is 4.69. The largest absolute Gasteiger partial charge is 0.490 e. The van der Waals surface area contributed by atoms with Crippen LogP contribution in [0.3, 0.4) is 0 Å². The predicted molar refractivity (Wildman–Crippen MR) is 108 cm³/mol. The van der Waals surface area contributed by atoms with E-state index in [0.29, 0.717) is 56.7 Å². The van der Waals surface area contributed by atoms with E-state index in [4.69, 9.17) is 9.47 Å². The molecule has 0 unspecified atom stereocenters. The molecule has 0 radical (unpaired) electrons. The van der Waals surface area contributed by atoms with E-state index in [1.165, 1.54) is 0 Å². The fraction of sp³-hybridized carbons (Fsp3) is 0.545. The van der Waals surface area contributed by atoms with Gasteiger partial charge in [0.1, 0.15) is 0 Å². The molecule has 0 atom stereocenters. The van der Waals surface area contributed by atoms with E-state index < -0.39 is 0 Å². The summed E-state index contributed by atoms with van der Waals surface area (Å²) in [4.78, 5) is 25.9. The van der Waals surface area contributed by atoms with Gasteiger partial charge in [-0.1, -0.05) is 12.0 Å². The van der Waals surface area contributed by atoms with Crippen LogP contribution in [0.25, 0.3) is 0 Å². The summed E-state index contributed by atoms with van der Waals surface area (Å²) < 4.78 is 11.2. The highest BCUT2D eigenvalue weighted by molar-refractivity contribution is 5.93. The van der Waals surface area contributed by atoms with Gasteiger partial charge in [0.15, 0.2) is 11.5 Å². The Morgan fingerprint density at radius 3 is 2.46 bits per heavy atom. The minimum Gasteiger partial charge on any atom is -0.490 e. The Morgan fingerprint density at radius 2 is 1.82 bits per heavy atom. The lowest BCUT2D eigenvalue weighted by Crippen LogP contribution is -2.41. The van der Waals surface area contributed by atoms with Gasteiger partial charge in [0.05, 0.1) is 19.6 Å². The summed E-state index contributed by atoms with van der Waals surface area (Å²) >= 11 is 0. The molecule has 0 saturated carbocycles. The molecule has 1 aromatic carbocycles. The molecule has 6 nitrogen and oxygen atoms in total. The molecule has 1 aliphatic heterocycles. The Hall–Kier alpha value is -2.68. The van der Waals surface area contributed by atoms with Gasteiger partial charge in [-0.05, 0) is 63.1 Å². The van der Waals surface area contributed by atoms with Gasteiger partial charge in [-0.2, -0.15) is 0 Å². The zero-order chi connectivity index (χ0) is 20.4. The molecule has 1 saturated heterocycles. The van der Waals surface area contributed by atoms with Crippen molar-refractivity contribution in [1.82, 2.24) is 10.2 Å². The molecule has 2 amide bonds. The van der Waals surface area contributed by atoms with Gasteiger partial charge in [0, 0.05) is 19.6 Å². The molecule has 6 heteroatoms. The quantitative estimate of drug-likeness (QED) is 0.697. The van der Waals surface area contributed by atoms with Crippen molar-refractivity contribution < 1.29 is 19.1 Å². The molecule has 1 aliphatic rings. The van der Waals surface area contributed by atoms with Crippen LogP contribution in [0.1, 0.15) is 39.2 Å². The average molecular weight is 386 g/mol. The van der Waals surface area contributed by atoms with E-state index in [1.807, 2.05) is 32.0 Å². The van der Waals surface area contributed by atoms with E-state index in [2.05, 4.69) is 17.2 Å². The number of nitrogens with zero attached hydrogens (tertiary/aromatic N) is 1. The molecule has 0 spiro atoms. The summed E-state index contributed by atoms with van der Waals surface area (Å²) in [5.74, 6) is 6.87. The molecule has 0 aromatic heterocycles. The minimum absolute atomic E-state index is 0.0121. The first-order valence-electron chi connectivity index (χ1n) is 9.94. The normalized spacial score (nSPS) is 14.0. The van der Waals surface area contributed by atoms with Crippen molar-refractivity contribution in [2.24, 2.45) is 5.92 Å². The Balaban J connectivity index is 1.80. The number of piperidine rings is 1. The van der Waals surface area contributed by atoms with Crippen LogP contribution in [0.2, 0.25) is 0 Å². The highest BCUT2D eigenvalue weighted by Gasteiger charge is 2.22. The summed E-state index contributed by atoms with van der Waals surface area (Å²) in [5, 5.41) is 3.02. The number of likely N-dealkylation sites (tertiary alicyclic amines) is 1. The summed E-state index contributed by atoms with van der Waals surface area (Å²) in [5.41, 5.74) is 0.892. The van der Waals surface area contributed by atoms with Crippen LogP contribution in [0.5, 0.6) is 11.5 Å². The monoisotopic (exact) mass is 386 g/mol. The Kier molecular flexibility index (Phi) is 8.67. The van der Waals surface area contributed by atoms with Crippen LogP contribution in [-0.2, 0) is 16.0 Å². The van der Waals surface area contributed by atoms with E-state index in [9.17, 15) is 9.59 Å². The molecule has 2 rings (SSSR count). The molecular formula is C22H30N2O4. The summed E-state index contributed by atoms with van der Waals surface area (Å²) in [6.45, 7) is 8.65. The van der Waals surface area contributed by atoms with Gasteiger partial charge >= 0.3 is 0 Å². The lowest BCUT2D eigenvalue weighted by molar-refractivity contribution is -0.127. The summed E-state index contributed by atoms with van der Waals surface area (Å²) in [6.07, 6.45) is 2.07. The summed E-state index contributed by atoms with van der Waals surface area (Å²) in [7, 11) is 0. The second kappa shape index (κ2) is 11.2. The van der Waals surface area contributed by atoms with Crippen molar-refractivity contribution in [3.63, 3.8) is 0 Å². The van der Waals surface area contributed by atoms with Crippen molar-refractivity contribution in [3.05, 3.63) is 23.8 Å². The highest BCUT2D eigenvalue weighted by atomic mass is 16.5. The molecular weight excluding hydrogens is 356 g/mol. The standard InChI is InChI=1S/C22H30N2O4/c1-4-7-22(26)24-12-10-17(11-13-24)16-23-21(25)15-18-8-9-19(27-5-2)20(14-18)28-6-3/h8-9,14,17H,5-6,10-13,15-16H2,1-3H3,(H,23,25). The first-order valence-corrected chi connectivity index (χ1v) is 9.94. The second-order valence-electron chi connectivity index (χ2n) is 6.74. The fourth-order valence-electron chi connectivity index (χ4n) is 3.24. The van der Waals surface area contributed by atoms with Crippen molar-refractivity contribution in [2.45, 2.75) is 40.0 Å². The van der Waals surface area contributed by atoms with Gasteiger partial charge in [-0.3, -0.25) is 9.59 Å². The number of amides is 2. The van der Waals surface area contributed by atoms with Gasteiger partial charge in [-0.15, -0.1) is 0 Å². The zero-order valence-corrected chi connectivity index (χ0v) is 17.0. The zero-order valence-electron chi connectivity index (χ0n) is 17.0. The van der Waals surface area contributed by atoms with E-state index in [1.54, 1.807) is 11.8 Å². The molecule has 1 aromatic rings. The maximum atomic E-state index is 12.3. The Bertz CT molecular complexity index is 728. The Labute approximate surface area is 167 Å². The molecule has 1 N–H and O–H groups in total. The van der Waals surface area contributed by atoms with Gasteiger partial charge in [0.25, 0.3) is 5.91 Å². The number of carbonyl (C=O) groups is 2. The van der Waals surface area contributed by atoms with E-state index >= 15 is 0 Å². The highest BCUT2D eigenvalue weighted by Crippen LogP contribution is 2.28. The number of ether oxygens (including phenoxy) is 2. The molecule has 28 heavy (non-hydrogen) atoms. The maximum Gasteiger partial charge on any atom is 0.298 e. The van der Waals surface area contributed by atoms with Crippen molar-refractivity contribution >= 4 is 11.8 Å². The SMILES string of the molecule is CC#CC(=O)N1CCC(CNC(=O)Cc2ccc(OCC)c(OCC)c2)CC1. The van der Waals surface area contributed by atoms with Gasteiger partial charge in [-0.25, -0.2) is 0 Å². The molecule has 1 fully saturated rings. The van der Waals surface area contributed by atoms with E-state index in [-0.39, 0.29) is 11.8 Å². The first-order chi connectivity index (χ1) is 13.6. The van der Waals surface area contributed by atoms with Crippen molar-refractivity contribution in [1.29, 1.82) is 0 Å². The molecule has 1 heterocycles. The van der Waals surface area contributed by atoms with Crippen LogP contribution in [0, 0.1) is 17.8 Å². The van der Waals surface area contributed by atoms with Crippen molar-refractivity contribution in [3.8, 4) is 23.3 Å². The number of rotatable bonds is 8. The predicted octanol–water partition coefficient (Wildman–Crippen LogP) is 2.40. The number of hydrogen-bond donors (Lipinski definition) is 1. The van der Waals surface area contributed by atoms with Crippen LogP contribution >= 0.6 is 0 Å². The third kappa shape index (κ3) is 6.49. The topological polar surface area (TPSA) is 67.9 Å². The van der Waals surface area contributed by atoms with Crippen LogP contribution in [0.4, 0.5) is 0 Å². The Morgan fingerprint density at radius 1 is 1.14 bits per heavy atom. The van der Waals surface area contributed by atoms with Crippen molar-refractivity contribution in [2.75, 3.05) is 32.8 Å². The number of nitrogens with one attached hydrogen (secondary N) is 1. The lowest BCUT2D eigenvalue weighted by atomic mass is 9.96. The number of hydrogen-bond acceptors (Lipinski definition) is 4. The van der Waals surface area contributed by atoms with Gasteiger partial charge < -0.3 is 19.7 Å².